The van der Waals surface area contributed by atoms with Crippen molar-refractivity contribution in [3.63, 3.8) is 0 Å². The van der Waals surface area contributed by atoms with Gasteiger partial charge in [0, 0.05) is 17.7 Å². The maximum Gasteiger partial charge on any atom is 0.363 e. The van der Waals surface area contributed by atoms with Crippen LogP contribution in [0.3, 0.4) is 0 Å². The molecule has 0 amide bonds. The average molecular weight is 336 g/mol. The monoisotopic (exact) mass is 336 g/mol. The lowest BCUT2D eigenvalue weighted by atomic mass is 10.0. The fourth-order valence-corrected chi connectivity index (χ4v) is 2.42. The Labute approximate surface area is 144 Å². The summed E-state index contributed by atoms with van der Waals surface area (Å²) in [5.74, 6) is -0.0789. The van der Waals surface area contributed by atoms with Crippen LogP contribution in [-0.4, -0.2) is 16.8 Å². The molecule has 25 heavy (non-hydrogen) atoms. The Hall–Kier alpha value is -3.28. The predicted octanol–water partition coefficient (Wildman–Crippen LogP) is 4.06. The van der Waals surface area contributed by atoms with E-state index in [0.29, 0.717) is 11.5 Å². The molecule has 6 heteroatoms. The standard InChI is InChI=1S/C19H16N2O4/c1-12(2)14-8-6-13(7-9-14)10-17-19(22)25-18(20-17)15-4-3-5-16(11-15)21(23)24/h3-12H,1-2H3/b17-10-. The van der Waals surface area contributed by atoms with E-state index in [4.69, 9.17) is 4.74 Å². The number of carbonyl (C=O) groups excluding carboxylic acids is 1. The molecule has 0 aliphatic carbocycles. The van der Waals surface area contributed by atoms with Crippen LogP contribution in [0.1, 0.15) is 36.5 Å². The van der Waals surface area contributed by atoms with Crippen molar-refractivity contribution in [3.05, 3.63) is 81.0 Å². The summed E-state index contributed by atoms with van der Waals surface area (Å²) in [5.41, 5.74) is 2.51. The minimum atomic E-state index is -0.575. The van der Waals surface area contributed by atoms with Gasteiger partial charge in [0.2, 0.25) is 5.90 Å². The summed E-state index contributed by atoms with van der Waals surface area (Å²) in [6.07, 6.45) is 1.64. The van der Waals surface area contributed by atoms with Crippen molar-refractivity contribution in [1.82, 2.24) is 0 Å². The molecular weight excluding hydrogens is 320 g/mol. The third-order valence-electron chi connectivity index (χ3n) is 3.83. The van der Waals surface area contributed by atoms with Gasteiger partial charge in [0.25, 0.3) is 5.69 Å². The topological polar surface area (TPSA) is 81.8 Å². The van der Waals surface area contributed by atoms with Gasteiger partial charge < -0.3 is 4.74 Å². The SMILES string of the molecule is CC(C)c1ccc(/C=C2\N=C(c3cccc([N+](=O)[O-])c3)OC2=O)cc1. The van der Waals surface area contributed by atoms with Gasteiger partial charge in [0.1, 0.15) is 0 Å². The molecule has 126 valence electrons. The second-order valence-electron chi connectivity index (χ2n) is 5.96. The van der Waals surface area contributed by atoms with E-state index >= 15 is 0 Å². The summed E-state index contributed by atoms with van der Waals surface area (Å²) in [7, 11) is 0. The third kappa shape index (κ3) is 3.63. The molecule has 0 radical (unpaired) electrons. The fourth-order valence-electron chi connectivity index (χ4n) is 2.42. The van der Waals surface area contributed by atoms with Gasteiger partial charge in [-0.2, -0.15) is 0 Å². The number of cyclic esters (lactones) is 1. The number of benzene rings is 2. The molecule has 0 unspecified atom stereocenters. The summed E-state index contributed by atoms with van der Waals surface area (Å²) >= 11 is 0. The molecule has 0 fully saturated rings. The normalized spacial score (nSPS) is 15.4. The van der Waals surface area contributed by atoms with Crippen LogP contribution in [0.5, 0.6) is 0 Å². The number of nitrogens with zero attached hydrogens (tertiary/aromatic N) is 2. The number of aliphatic imine (C=N–C) groups is 1. The zero-order chi connectivity index (χ0) is 18.0. The number of ether oxygens (including phenoxy) is 1. The van der Waals surface area contributed by atoms with E-state index in [1.807, 2.05) is 24.3 Å². The van der Waals surface area contributed by atoms with E-state index in [-0.39, 0.29) is 17.3 Å². The van der Waals surface area contributed by atoms with E-state index in [1.165, 1.54) is 23.8 Å². The second-order valence-corrected chi connectivity index (χ2v) is 5.96. The summed E-state index contributed by atoms with van der Waals surface area (Å²) in [6, 6.07) is 13.7. The number of rotatable bonds is 4. The molecule has 0 saturated heterocycles. The zero-order valence-corrected chi connectivity index (χ0v) is 13.8. The Bertz CT molecular complexity index is 896. The molecule has 0 N–H and O–H groups in total. The van der Waals surface area contributed by atoms with E-state index in [0.717, 1.165) is 5.56 Å². The Morgan fingerprint density at radius 1 is 1.16 bits per heavy atom. The smallest absolute Gasteiger partial charge is 0.363 e. The van der Waals surface area contributed by atoms with Gasteiger partial charge in [0.05, 0.1) is 4.92 Å². The summed E-state index contributed by atoms with van der Waals surface area (Å²) < 4.78 is 5.15. The van der Waals surface area contributed by atoms with Crippen LogP contribution >= 0.6 is 0 Å². The molecule has 3 rings (SSSR count). The molecule has 6 nitrogen and oxygen atoms in total. The van der Waals surface area contributed by atoms with Crippen LogP contribution in [0.2, 0.25) is 0 Å². The van der Waals surface area contributed by atoms with E-state index in [9.17, 15) is 14.9 Å². The minimum absolute atomic E-state index is 0.0683. The maximum atomic E-state index is 12.0. The highest BCUT2D eigenvalue weighted by Crippen LogP contribution is 2.22. The number of nitro groups is 1. The molecule has 0 atom stereocenters. The average Bonchev–Trinajstić information content (AvgIpc) is 2.96. The molecule has 1 aliphatic heterocycles. The summed E-state index contributed by atoms with van der Waals surface area (Å²) in [5, 5.41) is 10.9. The van der Waals surface area contributed by atoms with Crippen LogP contribution in [-0.2, 0) is 9.53 Å². The first-order valence-electron chi connectivity index (χ1n) is 7.81. The highest BCUT2D eigenvalue weighted by molar-refractivity contribution is 6.13. The first kappa shape index (κ1) is 16.6. The molecular formula is C19H16N2O4. The number of hydrogen-bond donors (Lipinski definition) is 0. The van der Waals surface area contributed by atoms with Gasteiger partial charge in [-0.3, -0.25) is 10.1 Å². The fraction of sp³-hybridized carbons (Fsp3) is 0.158. The lowest BCUT2D eigenvalue weighted by Crippen LogP contribution is -2.05. The first-order valence-corrected chi connectivity index (χ1v) is 7.81. The molecule has 1 aliphatic rings. The predicted molar refractivity (Wildman–Crippen MR) is 94.2 cm³/mol. The quantitative estimate of drug-likeness (QED) is 0.365. The van der Waals surface area contributed by atoms with Crippen molar-refractivity contribution in [2.45, 2.75) is 19.8 Å². The Morgan fingerprint density at radius 2 is 1.88 bits per heavy atom. The molecule has 0 spiro atoms. The van der Waals surface area contributed by atoms with Crippen LogP contribution in [0.25, 0.3) is 6.08 Å². The lowest BCUT2D eigenvalue weighted by molar-refractivity contribution is -0.384. The Morgan fingerprint density at radius 3 is 2.52 bits per heavy atom. The van der Waals surface area contributed by atoms with Crippen molar-refractivity contribution in [2.24, 2.45) is 4.99 Å². The maximum absolute atomic E-state index is 12.0. The zero-order valence-electron chi connectivity index (χ0n) is 13.8. The van der Waals surface area contributed by atoms with Crippen molar-refractivity contribution in [2.75, 3.05) is 0 Å². The minimum Gasteiger partial charge on any atom is -0.402 e. The summed E-state index contributed by atoms with van der Waals surface area (Å²) in [6.45, 7) is 4.22. The van der Waals surface area contributed by atoms with Crippen LogP contribution in [0.4, 0.5) is 5.69 Å². The van der Waals surface area contributed by atoms with Gasteiger partial charge in [-0.1, -0.05) is 44.2 Å². The van der Waals surface area contributed by atoms with Crippen LogP contribution in [0.15, 0.2) is 59.2 Å². The van der Waals surface area contributed by atoms with Crippen molar-refractivity contribution in [3.8, 4) is 0 Å². The van der Waals surface area contributed by atoms with Gasteiger partial charge in [0.15, 0.2) is 5.70 Å². The number of non-ortho nitro benzene ring substituents is 1. The first-order chi connectivity index (χ1) is 11.9. The molecule has 1 heterocycles. The molecule has 0 saturated carbocycles. The highest BCUT2D eigenvalue weighted by Gasteiger charge is 2.25. The largest absolute Gasteiger partial charge is 0.402 e. The van der Waals surface area contributed by atoms with E-state index in [2.05, 4.69) is 18.8 Å². The van der Waals surface area contributed by atoms with Crippen molar-refractivity contribution in [1.29, 1.82) is 0 Å². The number of hydrogen-bond acceptors (Lipinski definition) is 5. The Balaban J connectivity index is 1.89. The van der Waals surface area contributed by atoms with Crippen molar-refractivity contribution >= 4 is 23.6 Å². The highest BCUT2D eigenvalue weighted by atomic mass is 16.6. The molecule has 2 aromatic carbocycles. The van der Waals surface area contributed by atoms with Gasteiger partial charge in [-0.25, -0.2) is 9.79 Å². The lowest BCUT2D eigenvalue weighted by Gasteiger charge is -2.04. The van der Waals surface area contributed by atoms with E-state index in [1.54, 1.807) is 12.1 Å². The van der Waals surface area contributed by atoms with Gasteiger partial charge in [-0.05, 0) is 29.2 Å². The third-order valence-corrected chi connectivity index (χ3v) is 3.83. The van der Waals surface area contributed by atoms with Crippen LogP contribution < -0.4 is 0 Å². The molecule has 2 aromatic rings. The second kappa shape index (κ2) is 6.68. The molecule has 0 bridgehead atoms. The molecule has 0 aromatic heterocycles. The van der Waals surface area contributed by atoms with Crippen molar-refractivity contribution < 1.29 is 14.5 Å². The number of carbonyl (C=O) groups is 1. The van der Waals surface area contributed by atoms with Gasteiger partial charge in [-0.15, -0.1) is 0 Å². The summed E-state index contributed by atoms with van der Waals surface area (Å²) in [4.78, 5) is 26.5. The van der Waals surface area contributed by atoms with Crippen LogP contribution in [0, 0.1) is 10.1 Å². The van der Waals surface area contributed by atoms with Gasteiger partial charge >= 0.3 is 5.97 Å². The number of esters is 1. The number of nitro benzene ring substituents is 1. The Kier molecular flexibility index (Phi) is 4.43. The van der Waals surface area contributed by atoms with E-state index < -0.39 is 10.9 Å².